The van der Waals surface area contributed by atoms with Crippen LogP contribution in [0.25, 0.3) is 0 Å². The molecule has 0 aliphatic carbocycles. The molecule has 0 spiro atoms. The van der Waals surface area contributed by atoms with Gasteiger partial charge in [0.1, 0.15) is 8.07 Å². The Kier molecular flexibility index (Phi) is 6.14. The van der Waals surface area contributed by atoms with Gasteiger partial charge >= 0.3 is 0 Å². The molecule has 0 saturated heterocycles. The van der Waals surface area contributed by atoms with E-state index in [-0.39, 0.29) is 11.6 Å². The number of hydrogen-bond donors (Lipinski definition) is 1. The summed E-state index contributed by atoms with van der Waals surface area (Å²) < 4.78 is 0. The van der Waals surface area contributed by atoms with Gasteiger partial charge in [0.2, 0.25) is 0 Å². The van der Waals surface area contributed by atoms with Crippen LogP contribution < -0.4 is 10.4 Å². The number of hydrogen-bond acceptors (Lipinski definition) is 1. The molecule has 0 aliphatic rings. The monoisotopic (exact) mass is 322 g/mol. The molecule has 2 rings (SSSR count). The first-order chi connectivity index (χ1) is 11.1. The number of benzene rings is 2. The molecule has 1 nitrogen and oxygen atoms in total. The van der Waals surface area contributed by atoms with Gasteiger partial charge in [0.25, 0.3) is 0 Å². The van der Waals surface area contributed by atoms with Gasteiger partial charge in [-0.3, -0.25) is 0 Å². The van der Waals surface area contributed by atoms with Crippen molar-refractivity contribution in [3.8, 4) is 0 Å². The standard InChI is InChI=1S/C21H26OSi/c1-4-16-23(19(5-2)17-18(3)22,20-12-8-6-9-13-20)21-14-10-7-11-15-21/h4-15,18-19,22H,1-2,16-17H2,3H3/t18-,19-/m0/s1. The summed E-state index contributed by atoms with van der Waals surface area (Å²) in [4.78, 5) is 0. The van der Waals surface area contributed by atoms with Crippen molar-refractivity contribution in [1.82, 2.24) is 0 Å². The molecular formula is C21H26OSi. The fourth-order valence-corrected chi connectivity index (χ4v) is 8.69. The van der Waals surface area contributed by atoms with Crippen LogP contribution >= 0.6 is 0 Å². The van der Waals surface area contributed by atoms with E-state index in [0.717, 1.165) is 12.5 Å². The molecule has 2 heteroatoms. The van der Waals surface area contributed by atoms with Crippen molar-refractivity contribution in [2.24, 2.45) is 0 Å². The average Bonchev–Trinajstić information content (AvgIpc) is 2.59. The molecular weight excluding hydrogens is 296 g/mol. The van der Waals surface area contributed by atoms with E-state index in [1.165, 1.54) is 10.4 Å². The van der Waals surface area contributed by atoms with Crippen molar-refractivity contribution in [1.29, 1.82) is 0 Å². The lowest BCUT2D eigenvalue weighted by Crippen LogP contribution is -2.61. The quantitative estimate of drug-likeness (QED) is 0.579. The summed E-state index contributed by atoms with van der Waals surface area (Å²) in [7, 11) is -2.14. The van der Waals surface area contributed by atoms with Crippen LogP contribution in [0.1, 0.15) is 13.3 Å². The minimum atomic E-state index is -2.14. The van der Waals surface area contributed by atoms with Crippen LogP contribution in [0.3, 0.4) is 0 Å². The normalized spacial score (nSPS) is 14.0. The smallest absolute Gasteiger partial charge is 0.128 e. The maximum Gasteiger partial charge on any atom is 0.128 e. The van der Waals surface area contributed by atoms with Gasteiger partial charge in [0.05, 0.1) is 6.10 Å². The van der Waals surface area contributed by atoms with Gasteiger partial charge in [-0.2, -0.15) is 0 Å². The highest BCUT2D eigenvalue weighted by Crippen LogP contribution is 2.31. The van der Waals surface area contributed by atoms with E-state index in [9.17, 15) is 5.11 Å². The van der Waals surface area contributed by atoms with Gasteiger partial charge in [-0.1, -0.05) is 83.2 Å². The third kappa shape index (κ3) is 3.71. The molecule has 0 amide bonds. The Morgan fingerprint density at radius 3 is 1.78 bits per heavy atom. The van der Waals surface area contributed by atoms with E-state index < -0.39 is 8.07 Å². The van der Waals surface area contributed by atoms with E-state index in [1.807, 2.05) is 19.1 Å². The highest BCUT2D eigenvalue weighted by Gasteiger charge is 2.42. The predicted octanol–water partition coefficient (Wildman–Crippen LogP) is 3.76. The molecule has 0 radical (unpaired) electrons. The zero-order chi connectivity index (χ0) is 16.7. The van der Waals surface area contributed by atoms with Crippen molar-refractivity contribution in [3.05, 3.63) is 86.0 Å². The number of allylic oxidation sites excluding steroid dienone is 2. The van der Waals surface area contributed by atoms with E-state index in [1.54, 1.807) is 0 Å². The van der Waals surface area contributed by atoms with Gasteiger partial charge in [-0.05, 0) is 24.9 Å². The summed E-state index contributed by atoms with van der Waals surface area (Å²) >= 11 is 0. The molecule has 2 aromatic carbocycles. The number of aliphatic hydroxyl groups excluding tert-OH is 1. The lowest BCUT2D eigenvalue weighted by Gasteiger charge is -2.39. The Hall–Kier alpha value is -1.90. The Morgan fingerprint density at radius 1 is 0.957 bits per heavy atom. The summed E-state index contributed by atoms with van der Waals surface area (Å²) in [5.74, 6) is 0. The van der Waals surface area contributed by atoms with E-state index in [4.69, 9.17) is 0 Å². The fraction of sp³-hybridized carbons (Fsp3) is 0.238. The SMILES string of the molecule is C=CC[Si](c1ccccc1)(c1ccccc1)[C@@H](C=C)C[C@H](C)O. The molecule has 2 aromatic rings. The molecule has 1 N–H and O–H groups in total. The zero-order valence-electron chi connectivity index (χ0n) is 13.9. The summed E-state index contributed by atoms with van der Waals surface area (Å²) in [5.41, 5.74) is 0.255. The Bertz CT molecular complexity index is 579. The van der Waals surface area contributed by atoms with Crippen molar-refractivity contribution in [3.63, 3.8) is 0 Å². The fourth-order valence-electron chi connectivity index (χ4n) is 3.55. The Morgan fingerprint density at radius 2 is 1.43 bits per heavy atom. The Labute approximate surface area is 141 Å². The van der Waals surface area contributed by atoms with Gasteiger partial charge in [-0.15, -0.1) is 13.2 Å². The largest absolute Gasteiger partial charge is 0.393 e. The molecule has 0 heterocycles. The van der Waals surface area contributed by atoms with Crippen LogP contribution in [0.5, 0.6) is 0 Å². The molecule has 23 heavy (non-hydrogen) atoms. The summed E-state index contributed by atoms with van der Waals surface area (Å²) in [6.07, 6.45) is 4.46. The second-order valence-corrected chi connectivity index (χ2v) is 10.4. The third-order valence-corrected chi connectivity index (χ3v) is 9.95. The van der Waals surface area contributed by atoms with Gasteiger partial charge in [0, 0.05) is 0 Å². The van der Waals surface area contributed by atoms with Crippen LogP contribution in [0.2, 0.25) is 11.6 Å². The molecule has 0 aromatic heterocycles. The highest BCUT2D eigenvalue weighted by atomic mass is 28.3. The van der Waals surface area contributed by atoms with Gasteiger partial charge in [0.15, 0.2) is 0 Å². The van der Waals surface area contributed by atoms with Crippen LogP contribution in [0, 0.1) is 0 Å². The topological polar surface area (TPSA) is 20.2 Å². The van der Waals surface area contributed by atoms with Crippen molar-refractivity contribution >= 4 is 18.4 Å². The van der Waals surface area contributed by atoms with Crippen LogP contribution in [0.4, 0.5) is 0 Å². The number of rotatable bonds is 8. The lowest BCUT2D eigenvalue weighted by atomic mass is 10.2. The summed E-state index contributed by atoms with van der Waals surface area (Å²) in [5, 5.41) is 12.8. The van der Waals surface area contributed by atoms with Crippen LogP contribution in [-0.4, -0.2) is 19.3 Å². The first-order valence-electron chi connectivity index (χ1n) is 8.17. The second-order valence-electron chi connectivity index (χ2n) is 6.12. The van der Waals surface area contributed by atoms with E-state index >= 15 is 0 Å². The lowest BCUT2D eigenvalue weighted by molar-refractivity contribution is 0.185. The highest BCUT2D eigenvalue weighted by molar-refractivity contribution is 7.03. The molecule has 0 bridgehead atoms. The van der Waals surface area contributed by atoms with Crippen molar-refractivity contribution < 1.29 is 5.11 Å². The van der Waals surface area contributed by atoms with Crippen LogP contribution in [0.15, 0.2) is 86.0 Å². The third-order valence-electron chi connectivity index (χ3n) is 4.56. The van der Waals surface area contributed by atoms with Crippen molar-refractivity contribution in [2.45, 2.75) is 31.0 Å². The summed E-state index contributed by atoms with van der Waals surface area (Å²) in [6, 6.07) is 22.3. The minimum absolute atomic E-state index is 0.255. The summed E-state index contributed by atoms with van der Waals surface area (Å²) in [6.45, 7) is 9.99. The predicted molar refractivity (Wildman–Crippen MR) is 103 cm³/mol. The molecule has 120 valence electrons. The average molecular weight is 323 g/mol. The van der Waals surface area contributed by atoms with Crippen LogP contribution in [-0.2, 0) is 0 Å². The minimum Gasteiger partial charge on any atom is -0.393 e. The maximum atomic E-state index is 10.0. The van der Waals surface area contributed by atoms with Gasteiger partial charge < -0.3 is 5.11 Å². The number of aliphatic hydroxyl groups is 1. The Balaban J connectivity index is 2.69. The zero-order valence-corrected chi connectivity index (χ0v) is 14.9. The van der Waals surface area contributed by atoms with E-state index in [0.29, 0.717) is 0 Å². The molecule has 0 fully saturated rings. The molecule has 0 unspecified atom stereocenters. The second kappa shape index (κ2) is 8.09. The van der Waals surface area contributed by atoms with Gasteiger partial charge in [-0.25, -0.2) is 0 Å². The molecule has 0 aliphatic heterocycles. The molecule has 2 atom stereocenters. The van der Waals surface area contributed by atoms with E-state index in [2.05, 4.69) is 73.8 Å². The maximum absolute atomic E-state index is 10.0. The molecule has 0 saturated carbocycles. The first kappa shape index (κ1) is 17.5. The van der Waals surface area contributed by atoms with Crippen molar-refractivity contribution in [2.75, 3.05) is 0 Å². The first-order valence-corrected chi connectivity index (χ1v) is 10.5.